The van der Waals surface area contributed by atoms with E-state index in [1.54, 1.807) is 24.4 Å². The van der Waals surface area contributed by atoms with Gasteiger partial charge in [-0.3, -0.25) is 4.79 Å². The van der Waals surface area contributed by atoms with Gasteiger partial charge in [0.05, 0.1) is 11.8 Å². The van der Waals surface area contributed by atoms with E-state index in [2.05, 4.69) is 17.5 Å². The SMILES string of the molecule is CCCCCCCCCCCCCC(=O)N/N=C\c1c(OC(=O)c2ccc(C)cc2)ccc2ccccc12. The van der Waals surface area contributed by atoms with Gasteiger partial charge >= 0.3 is 5.97 Å². The van der Waals surface area contributed by atoms with Gasteiger partial charge in [0.2, 0.25) is 5.91 Å². The van der Waals surface area contributed by atoms with Gasteiger partial charge in [0.15, 0.2) is 0 Å². The lowest BCUT2D eigenvalue weighted by atomic mass is 10.0. The van der Waals surface area contributed by atoms with Crippen LogP contribution in [0.4, 0.5) is 0 Å². The van der Waals surface area contributed by atoms with E-state index in [9.17, 15) is 9.59 Å². The molecule has 0 aliphatic heterocycles. The fraction of sp³-hybridized carbons (Fsp3) is 0.424. The molecule has 38 heavy (non-hydrogen) atoms. The number of fused-ring (bicyclic) bond motifs is 1. The number of aryl methyl sites for hydroxylation is 1. The zero-order valence-corrected chi connectivity index (χ0v) is 23.0. The monoisotopic (exact) mass is 514 g/mol. The summed E-state index contributed by atoms with van der Waals surface area (Å²) in [6.07, 6.45) is 15.8. The third-order valence-corrected chi connectivity index (χ3v) is 6.81. The van der Waals surface area contributed by atoms with Crippen molar-refractivity contribution in [2.75, 3.05) is 0 Å². The Kier molecular flexibility index (Phi) is 12.5. The molecule has 0 aromatic heterocycles. The molecule has 0 atom stereocenters. The van der Waals surface area contributed by atoms with Gasteiger partial charge in [-0.25, -0.2) is 10.2 Å². The molecule has 0 fully saturated rings. The van der Waals surface area contributed by atoms with Gasteiger partial charge in [0.1, 0.15) is 5.75 Å². The van der Waals surface area contributed by atoms with Gasteiger partial charge in [-0.1, -0.05) is 119 Å². The quantitative estimate of drug-likeness (QED) is 0.0685. The van der Waals surface area contributed by atoms with Crippen molar-refractivity contribution in [3.63, 3.8) is 0 Å². The predicted octanol–water partition coefficient (Wildman–Crippen LogP) is 8.52. The second-order valence-corrected chi connectivity index (χ2v) is 10.0. The standard InChI is InChI=1S/C33H42N2O3/c1-3-4-5-6-7-8-9-10-11-12-13-18-32(36)35-34-25-30-29-17-15-14-16-27(29)23-24-31(30)38-33(37)28-21-19-26(2)20-22-28/h14-17,19-25H,3-13,18H2,1-2H3,(H,35,36)/b34-25-. The highest BCUT2D eigenvalue weighted by atomic mass is 16.5. The van der Waals surface area contributed by atoms with Crippen LogP contribution in [0.2, 0.25) is 0 Å². The first-order valence-electron chi connectivity index (χ1n) is 14.2. The Bertz CT molecular complexity index is 1180. The summed E-state index contributed by atoms with van der Waals surface area (Å²) in [6.45, 7) is 4.22. The molecule has 0 spiro atoms. The molecule has 0 saturated carbocycles. The van der Waals surface area contributed by atoms with Crippen LogP contribution in [0.15, 0.2) is 65.8 Å². The van der Waals surface area contributed by atoms with Crippen molar-refractivity contribution in [1.82, 2.24) is 5.43 Å². The van der Waals surface area contributed by atoms with Gasteiger partial charge in [-0.2, -0.15) is 5.10 Å². The number of nitrogens with one attached hydrogen (secondary N) is 1. The molecular weight excluding hydrogens is 472 g/mol. The number of benzene rings is 3. The number of nitrogens with zero attached hydrogens (tertiary/aromatic N) is 1. The molecule has 3 aromatic carbocycles. The summed E-state index contributed by atoms with van der Waals surface area (Å²) in [5.74, 6) is -0.135. The Morgan fingerprint density at radius 1 is 0.789 bits per heavy atom. The smallest absolute Gasteiger partial charge is 0.343 e. The third kappa shape index (κ3) is 9.77. The van der Waals surface area contributed by atoms with Gasteiger partial charge in [-0.05, 0) is 42.3 Å². The molecule has 0 aliphatic carbocycles. The van der Waals surface area contributed by atoms with Gasteiger partial charge < -0.3 is 4.74 Å². The molecule has 1 amide bonds. The summed E-state index contributed by atoms with van der Waals surface area (Å²) in [5, 5.41) is 6.09. The molecule has 3 aromatic rings. The highest BCUT2D eigenvalue weighted by molar-refractivity contribution is 6.04. The van der Waals surface area contributed by atoms with Gasteiger partial charge in [0.25, 0.3) is 0 Å². The Morgan fingerprint density at radius 2 is 1.42 bits per heavy atom. The van der Waals surface area contributed by atoms with Crippen molar-refractivity contribution in [1.29, 1.82) is 0 Å². The minimum atomic E-state index is -0.435. The highest BCUT2D eigenvalue weighted by Crippen LogP contribution is 2.27. The Morgan fingerprint density at radius 3 is 2.11 bits per heavy atom. The fourth-order valence-corrected chi connectivity index (χ4v) is 4.52. The average molecular weight is 515 g/mol. The third-order valence-electron chi connectivity index (χ3n) is 6.81. The minimum absolute atomic E-state index is 0.101. The Balaban J connectivity index is 1.48. The van der Waals surface area contributed by atoms with Gasteiger partial charge in [0, 0.05) is 12.0 Å². The van der Waals surface area contributed by atoms with E-state index in [-0.39, 0.29) is 5.91 Å². The van der Waals surface area contributed by atoms with E-state index >= 15 is 0 Å². The second kappa shape index (κ2) is 16.4. The number of carbonyl (C=O) groups excluding carboxylic acids is 2. The van der Waals surface area contributed by atoms with E-state index in [1.165, 1.54) is 57.8 Å². The summed E-state index contributed by atoms with van der Waals surface area (Å²) in [5.41, 5.74) is 4.84. The van der Waals surface area contributed by atoms with Crippen LogP contribution in [0.25, 0.3) is 10.8 Å². The largest absolute Gasteiger partial charge is 0.422 e. The molecule has 0 saturated heterocycles. The number of carbonyl (C=O) groups is 2. The number of rotatable bonds is 16. The van der Waals surface area contributed by atoms with Crippen molar-refractivity contribution in [2.24, 2.45) is 5.10 Å². The first kappa shape index (κ1) is 29.1. The molecule has 3 rings (SSSR count). The average Bonchev–Trinajstić information content (AvgIpc) is 2.93. The minimum Gasteiger partial charge on any atom is -0.422 e. The fourth-order valence-electron chi connectivity index (χ4n) is 4.52. The summed E-state index contributed by atoms with van der Waals surface area (Å²) < 4.78 is 5.74. The van der Waals surface area contributed by atoms with Crippen molar-refractivity contribution < 1.29 is 14.3 Å². The molecule has 5 heteroatoms. The number of ether oxygens (including phenoxy) is 1. The number of esters is 1. The maximum Gasteiger partial charge on any atom is 0.343 e. The molecule has 0 radical (unpaired) electrons. The topological polar surface area (TPSA) is 67.8 Å². The van der Waals surface area contributed by atoms with Crippen LogP contribution in [0.3, 0.4) is 0 Å². The van der Waals surface area contributed by atoms with E-state index in [0.29, 0.717) is 23.3 Å². The van der Waals surface area contributed by atoms with Crippen LogP contribution in [0.1, 0.15) is 105 Å². The lowest BCUT2D eigenvalue weighted by molar-refractivity contribution is -0.121. The van der Waals surface area contributed by atoms with Crippen LogP contribution in [-0.4, -0.2) is 18.1 Å². The van der Waals surface area contributed by atoms with Crippen LogP contribution in [-0.2, 0) is 4.79 Å². The number of hydrogen-bond acceptors (Lipinski definition) is 4. The molecule has 5 nitrogen and oxygen atoms in total. The van der Waals surface area contributed by atoms with Crippen LogP contribution < -0.4 is 10.2 Å². The second-order valence-electron chi connectivity index (χ2n) is 10.0. The van der Waals surface area contributed by atoms with Crippen molar-refractivity contribution >= 4 is 28.9 Å². The zero-order valence-electron chi connectivity index (χ0n) is 23.0. The van der Waals surface area contributed by atoms with E-state index in [4.69, 9.17) is 4.74 Å². The van der Waals surface area contributed by atoms with Crippen LogP contribution >= 0.6 is 0 Å². The molecule has 0 unspecified atom stereocenters. The van der Waals surface area contributed by atoms with Crippen molar-refractivity contribution in [3.05, 3.63) is 77.4 Å². The van der Waals surface area contributed by atoms with Crippen LogP contribution in [0.5, 0.6) is 5.75 Å². The van der Waals surface area contributed by atoms with E-state index in [0.717, 1.165) is 29.2 Å². The molecule has 1 N–H and O–H groups in total. The predicted molar refractivity (Wildman–Crippen MR) is 157 cm³/mol. The first-order chi connectivity index (χ1) is 18.6. The Hall–Kier alpha value is -3.47. The van der Waals surface area contributed by atoms with Crippen molar-refractivity contribution in [2.45, 2.75) is 90.9 Å². The normalized spacial score (nSPS) is 11.2. The molecule has 202 valence electrons. The van der Waals surface area contributed by atoms with Crippen LogP contribution in [0, 0.1) is 6.92 Å². The lowest BCUT2D eigenvalue weighted by Crippen LogP contribution is -2.17. The lowest BCUT2D eigenvalue weighted by Gasteiger charge is -2.11. The molecular formula is C33H42N2O3. The number of unbranched alkanes of at least 4 members (excludes halogenated alkanes) is 10. The maximum absolute atomic E-state index is 12.7. The Labute approximate surface area is 227 Å². The summed E-state index contributed by atoms with van der Waals surface area (Å²) in [6, 6.07) is 18.8. The van der Waals surface area contributed by atoms with E-state index < -0.39 is 5.97 Å². The molecule has 0 aliphatic rings. The molecule has 0 heterocycles. The maximum atomic E-state index is 12.7. The van der Waals surface area contributed by atoms with E-state index in [1.807, 2.05) is 49.4 Å². The number of hydrogen-bond donors (Lipinski definition) is 1. The zero-order chi connectivity index (χ0) is 27.0. The molecule has 0 bridgehead atoms. The number of hydrazone groups is 1. The first-order valence-corrected chi connectivity index (χ1v) is 14.2. The summed E-state index contributed by atoms with van der Waals surface area (Å²) in [4.78, 5) is 25.1. The van der Waals surface area contributed by atoms with Crippen molar-refractivity contribution in [3.8, 4) is 5.75 Å². The highest BCUT2D eigenvalue weighted by Gasteiger charge is 2.13. The van der Waals surface area contributed by atoms with Gasteiger partial charge in [-0.15, -0.1) is 0 Å². The number of amides is 1. The summed E-state index contributed by atoms with van der Waals surface area (Å²) in [7, 11) is 0. The summed E-state index contributed by atoms with van der Waals surface area (Å²) >= 11 is 0.